The number of halogens is 1. The number of nitrogens with two attached hydrogens (primary N) is 1. The fourth-order valence-electron chi connectivity index (χ4n) is 2.04. The summed E-state index contributed by atoms with van der Waals surface area (Å²) in [6.45, 7) is 6.18. The van der Waals surface area contributed by atoms with E-state index in [0.29, 0.717) is 10.7 Å². The highest BCUT2D eigenvalue weighted by Crippen LogP contribution is 2.29. The highest BCUT2D eigenvalue weighted by molar-refractivity contribution is 6.33. The van der Waals surface area contributed by atoms with E-state index in [2.05, 4.69) is 37.4 Å². The summed E-state index contributed by atoms with van der Waals surface area (Å²) in [6, 6.07) is 10.1. The summed E-state index contributed by atoms with van der Waals surface area (Å²) in [5.41, 5.74) is 12.0. The van der Waals surface area contributed by atoms with E-state index in [4.69, 9.17) is 17.3 Å². The Morgan fingerprint density at radius 2 is 1.56 bits per heavy atom. The molecule has 94 valence electrons. The van der Waals surface area contributed by atoms with Gasteiger partial charge in [0.15, 0.2) is 0 Å². The van der Waals surface area contributed by atoms with Gasteiger partial charge >= 0.3 is 0 Å². The third-order valence-electron chi connectivity index (χ3n) is 2.84. The van der Waals surface area contributed by atoms with Gasteiger partial charge in [-0.25, -0.2) is 0 Å². The molecule has 0 aliphatic carbocycles. The maximum absolute atomic E-state index is 6.05. The minimum Gasteiger partial charge on any atom is -0.398 e. The molecule has 0 amide bonds. The van der Waals surface area contributed by atoms with E-state index in [-0.39, 0.29) is 0 Å². The topological polar surface area (TPSA) is 38.0 Å². The van der Waals surface area contributed by atoms with E-state index in [9.17, 15) is 0 Å². The third-order valence-corrected chi connectivity index (χ3v) is 3.17. The summed E-state index contributed by atoms with van der Waals surface area (Å²) in [6.07, 6.45) is 0. The Hall–Kier alpha value is -1.67. The maximum Gasteiger partial charge on any atom is 0.0656 e. The summed E-state index contributed by atoms with van der Waals surface area (Å²) in [5.74, 6) is 0. The second-order valence-corrected chi connectivity index (χ2v) is 5.10. The first kappa shape index (κ1) is 12.8. The average Bonchev–Trinajstić information content (AvgIpc) is 2.24. The standard InChI is InChI=1S/C15H17ClN2/c1-9-4-10(2)6-12(5-9)18-15-8-13(16)14(17)7-11(15)3/h4-8,18H,17H2,1-3H3. The second kappa shape index (κ2) is 4.91. The molecule has 2 rings (SSSR count). The molecule has 0 aliphatic heterocycles. The minimum absolute atomic E-state index is 0.576. The first-order valence-corrected chi connectivity index (χ1v) is 6.24. The number of nitrogen functional groups attached to an aromatic ring is 1. The minimum atomic E-state index is 0.576. The Morgan fingerprint density at radius 3 is 2.17 bits per heavy atom. The Balaban J connectivity index is 2.36. The van der Waals surface area contributed by atoms with Gasteiger partial charge in [0.1, 0.15) is 0 Å². The van der Waals surface area contributed by atoms with Gasteiger partial charge in [0, 0.05) is 11.4 Å². The number of anilines is 3. The lowest BCUT2D eigenvalue weighted by atomic mass is 10.1. The number of benzene rings is 2. The number of hydrogen-bond donors (Lipinski definition) is 2. The first-order chi connectivity index (χ1) is 8.45. The molecule has 2 aromatic carbocycles. The van der Waals surface area contributed by atoms with Gasteiger partial charge in [0.25, 0.3) is 0 Å². The molecule has 0 radical (unpaired) electrons. The molecule has 0 atom stereocenters. The van der Waals surface area contributed by atoms with Crippen molar-refractivity contribution in [3.8, 4) is 0 Å². The van der Waals surface area contributed by atoms with E-state index in [1.165, 1.54) is 11.1 Å². The van der Waals surface area contributed by atoms with Crippen molar-refractivity contribution >= 4 is 28.7 Å². The number of rotatable bonds is 2. The lowest BCUT2D eigenvalue weighted by Crippen LogP contribution is -1.96. The van der Waals surface area contributed by atoms with Crippen LogP contribution in [0.25, 0.3) is 0 Å². The zero-order valence-electron chi connectivity index (χ0n) is 10.8. The smallest absolute Gasteiger partial charge is 0.0656 e. The molecular formula is C15H17ClN2. The van der Waals surface area contributed by atoms with Crippen LogP contribution in [0, 0.1) is 20.8 Å². The van der Waals surface area contributed by atoms with Crippen molar-refractivity contribution in [2.75, 3.05) is 11.1 Å². The van der Waals surface area contributed by atoms with Crippen molar-refractivity contribution in [3.63, 3.8) is 0 Å². The van der Waals surface area contributed by atoms with Crippen molar-refractivity contribution in [2.24, 2.45) is 0 Å². The first-order valence-electron chi connectivity index (χ1n) is 5.86. The third kappa shape index (κ3) is 2.77. The normalized spacial score (nSPS) is 10.4. The molecule has 3 heteroatoms. The molecule has 0 fully saturated rings. The molecule has 3 N–H and O–H groups in total. The zero-order valence-corrected chi connectivity index (χ0v) is 11.6. The predicted molar refractivity (Wildman–Crippen MR) is 79.8 cm³/mol. The van der Waals surface area contributed by atoms with Gasteiger partial charge in [0.2, 0.25) is 0 Å². The SMILES string of the molecule is Cc1cc(C)cc(Nc2cc(Cl)c(N)cc2C)c1. The van der Waals surface area contributed by atoms with Crippen molar-refractivity contribution in [1.29, 1.82) is 0 Å². The lowest BCUT2D eigenvalue weighted by molar-refractivity contribution is 1.36. The average molecular weight is 261 g/mol. The summed E-state index contributed by atoms with van der Waals surface area (Å²) in [4.78, 5) is 0. The van der Waals surface area contributed by atoms with Crippen molar-refractivity contribution in [2.45, 2.75) is 20.8 Å². The van der Waals surface area contributed by atoms with E-state index >= 15 is 0 Å². The lowest BCUT2D eigenvalue weighted by Gasteiger charge is -2.12. The molecule has 0 unspecified atom stereocenters. The molecule has 0 bridgehead atoms. The predicted octanol–water partition coefficient (Wildman–Crippen LogP) is 4.59. The van der Waals surface area contributed by atoms with Crippen molar-refractivity contribution in [1.82, 2.24) is 0 Å². The van der Waals surface area contributed by atoms with Crippen LogP contribution < -0.4 is 11.1 Å². The number of hydrogen-bond acceptors (Lipinski definition) is 2. The molecule has 2 nitrogen and oxygen atoms in total. The summed E-state index contributed by atoms with van der Waals surface area (Å²) in [5, 5.41) is 3.96. The summed E-state index contributed by atoms with van der Waals surface area (Å²) < 4.78 is 0. The van der Waals surface area contributed by atoms with Crippen LogP contribution in [0.15, 0.2) is 30.3 Å². The molecule has 0 aromatic heterocycles. The molecule has 18 heavy (non-hydrogen) atoms. The summed E-state index contributed by atoms with van der Waals surface area (Å²) in [7, 11) is 0. The van der Waals surface area contributed by atoms with Crippen molar-refractivity contribution in [3.05, 3.63) is 52.0 Å². The maximum atomic E-state index is 6.05. The fourth-order valence-corrected chi connectivity index (χ4v) is 2.20. The van der Waals surface area contributed by atoms with Gasteiger partial charge in [-0.05, 0) is 61.7 Å². The highest BCUT2D eigenvalue weighted by atomic mass is 35.5. The fraction of sp³-hybridized carbons (Fsp3) is 0.200. The second-order valence-electron chi connectivity index (χ2n) is 4.69. The van der Waals surface area contributed by atoms with E-state index in [1.54, 1.807) is 0 Å². The van der Waals surface area contributed by atoms with Gasteiger partial charge in [-0.3, -0.25) is 0 Å². The van der Waals surface area contributed by atoms with Gasteiger partial charge < -0.3 is 11.1 Å². The van der Waals surface area contributed by atoms with E-state index < -0.39 is 0 Å². The van der Waals surface area contributed by atoms with Gasteiger partial charge in [0.05, 0.1) is 10.7 Å². The molecule has 0 saturated carbocycles. The molecular weight excluding hydrogens is 244 g/mol. The van der Waals surface area contributed by atoms with Crippen LogP contribution in [0.4, 0.5) is 17.1 Å². The molecule has 2 aromatic rings. The van der Waals surface area contributed by atoms with Crippen LogP contribution >= 0.6 is 11.6 Å². The quantitative estimate of drug-likeness (QED) is 0.775. The monoisotopic (exact) mass is 260 g/mol. The van der Waals surface area contributed by atoms with Crippen LogP contribution in [0.5, 0.6) is 0 Å². The largest absolute Gasteiger partial charge is 0.398 e. The highest BCUT2D eigenvalue weighted by Gasteiger charge is 2.04. The number of nitrogens with one attached hydrogen (secondary N) is 1. The summed E-state index contributed by atoms with van der Waals surface area (Å²) >= 11 is 6.05. The zero-order chi connectivity index (χ0) is 13.3. The van der Waals surface area contributed by atoms with Gasteiger partial charge in [-0.1, -0.05) is 17.7 Å². The Bertz CT molecular complexity index is 571. The molecule has 0 saturated heterocycles. The van der Waals surface area contributed by atoms with Gasteiger partial charge in [-0.2, -0.15) is 0 Å². The van der Waals surface area contributed by atoms with Gasteiger partial charge in [-0.15, -0.1) is 0 Å². The van der Waals surface area contributed by atoms with Crippen LogP contribution in [-0.4, -0.2) is 0 Å². The Kier molecular flexibility index (Phi) is 3.48. The van der Waals surface area contributed by atoms with Crippen LogP contribution in [0.1, 0.15) is 16.7 Å². The molecule has 0 spiro atoms. The van der Waals surface area contributed by atoms with E-state index in [0.717, 1.165) is 16.9 Å². The molecule has 0 heterocycles. The van der Waals surface area contributed by atoms with Crippen LogP contribution in [0.2, 0.25) is 5.02 Å². The Labute approximate surface area is 113 Å². The van der Waals surface area contributed by atoms with E-state index in [1.807, 2.05) is 19.1 Å². The van der Waals surface area contributed by atoms with Crippen molar-refractivity contribution < 1.29 is 0 Å². The molecule has 0 aliphatic rings. The number of aryl methyl sites for hydroxylation is 3. The van der Waals surface area contributed by atoms with Crippen LogP contribution in [-0.2, 0) is 0 Å². The Morgan fingerprint density at radius 1 is 0.944 bits per heavy atom. The van der Waals surface area contributed by atoms with Crippen LogP contribution in [0.3, 0.4) is 0 Å².